The van der Waals surface area contributed by atoms with Crippen LogP contribution in [0.15, 0.2) is 18.3 Å². The van der Waals surface area contributed by atoms with Crippen molar-refractivity contribution in [2.24, 2.45) is 0 Å². The molecule has 0 saturated carbocycles. The average molecular weight is 272 g/mol. The summed E-state index contributed by atoms with van der Waals surface area (Å²) in [5.41, 5.74) is 0.998. The van der Waals surface area contributed by atoms with Crippen LogP contribution >= 0.6 is 0 Å². The molecule has 0 fully saturated rings. The first-order valence-electron chi connectivity index (χ1n) is 5.87. The summed E-state index contributed by atoms with van der Waals surface area (Å²) in [5, 5.41) is 2.77. The van der Waals surface area contributed by atoms with Gasteiger partial charge >= 0.3 is 0 Å². The minimum absolute atomic E-state index is 0.161. The van der Waals surface area contributed by atoms with Gasteiger partial charge in [0.05, 0.1) is 18.1 Å². The Bertz CT molecular complexity index is 455. The Morgan fingerprint density at radius 1 is 1.39 bits per heavy atom. The second-order valence-corrected chi connectivity index (χ2v) is 6.98. The van der Waals surface area contributed by atoms with Crippen molar-refractivity contribution in [2.45, 2.75) is 25.6 Å². The highest BCUT2D eigenvalue weighted by Gasteiger charge is 2.14. The SMILES string of the molecule is COc1ccc(CNCCS(=O)(=O)C(C)C)cn1. The number of hydrogen-bond donors (Lipinski definition) is 1. The van der Waals surface area contributed by atoms with Crippen molar-refractivity contribution in [3.63, 3.8) is 0 Å². The van der Waals surface area contributed by atoms with E-state index < -0.39 is 9.84 Å². The summed E-state index contributed by atoms with van der Waals surface area (Å²) in [5.74, 6) is 0.731. The summed E-state index contributed by atoms with van der Waals surface area (Å²) in [6, 6.07) is 3.68. The van der Waals surface area contributed by atoms with E-state index in [1.807, 2.05) is 6.07 Å². The number of ether oxygens (including phenoxy) is 1. The second-order valence-electron chi connectivity index (χ2n) is 4.30. The van der Waals surface area contributed by atoms with E-state index in [1.54, 1.807) is 33.2 Å². The molecule has 0 aliphatic rings. The zero-order chi connectivity index (χ0) is 13.6. The molecule has 0 atom stereocenters. The number of aromatic nitrogens is 1. The summed E-state index contributed by atoms with van der Waals surface area (Å²) in [4.78, 5) is 4.07. The highest BCUT2D eigenvalue weighted by Crippen LogP contribution is 2.06. The predicted octanol–water partition coefficient (Wildman–Crippen LogP) is 1.00. The lowest BCUT2D eigenvalue weighted by Crippen LogP contribution is -2.27. The van der Waals surface area contributed by atoms with Crippen LogP contribution in [0.4, 0.5) is 0 Å². The Labute approximate surface area is 108 Å². The first-order valence-corrected chi connectivity index (χ1v) is 7.58. The number of nitrogens with zero attached hydrogens (tertiary/aromatic N) is 1. The van der Waals surface area contributed by atoms with E-state index >= 15 is 0 Å². The van der Waals surface area contributed by atoms with E-state index in [9.17, 15) is 8.42 Å². The molecular weight excluding hydrogens is 252 g/mol. The number of methoxy groups -OCH3 is 1. The third-order valence-electron chi connectivity index (χ3n) is 2.62. The van der Waals surface area contributed by atoms with E-state index in [2.05, 4.69) is 10.3 Å². The summed E-state index contributed by atoms with van der Waals surface area (Å²) in [7, 11) is -1.39. The minimum Gasteiger partial charge on any atom is -0.481 e. The number of pyridine rings is 1. The number of sulfone groups is 1. The summed E-state index contributed by atoms with van der Waals surface area (Å²) in [6.45, 7) is 4.45. The lowest BCUT2D eigenvalue weighted by Gasteiger charge is -2.08. The lowest BCUT2D eigenvalue weighted by atomic mass is 10.3. The van der Waals surface area contributed by atoms with Crippen LogP contribution in [0.2, 0.25) is 0 Å². The molecule has 0 bridgehead atoms. The molecule has 6 heteroatoms. The lowest BCUT2D eigenvalue weighted by molar-refractivity contribution is 0.397. The van der Waals surface area contributed by atoms with Crippen LogP contribution in [-0.4, -0.2) is 38.1 Å². The zero-order valence-corrected chi connectivity index (χ0v) is 11.8. The first-order chi connectivity index (χ1) is 8.45. The summed E-state index contributed by atoms with van der Waals surface area (Å²) in [6.07, 6.45) is 1.71. The molecule has 1 aromatic heterocycles. The van der Waals surface area contributed by atoms with E-state index in [-0.39, 0.29) is 11.0 Å². The molecule has 18 heavy (non-hydrogen) atoms. The fraction of sp³-hybridized carbons (Fsp3) is 0.583. The van der Waals surface area contributed by atoms with Crippen molar-refractivity contribution in [1.82, 2.24) is 10.3 Å². The van der Waals surface area contributed by atoms with Crippen LogP contribution in [0.3, 0.4) is 0 Å². The highest BCUT2D eigenvalue weighted by molar-refractivity contribution is 7.92. The van der Waals surface area contributed by atoms with Crippen LogP contribution in [0.5, 0.6) is 5.88 Å². The van der Waals surface area contributed by atoms with Gasteiger partial charge in [0, 0.05) is 25.4 Å². The molecule has 0 saturated heterocycles. The van der Waals surface area contributed by atoms with Crippen LogP contribution in [0.1, 0.15) is 19.4 Å². The number of rotatable bonds is 7. The largest absolute Gasteiger partial charge is 0.481 e. The maximum atomic E-state index is 11.6. The Balaban J connectivity index is 2.34. The number of hydrogen-bond acceptors (Lipinski definition) is 5. The molecule has 0 spiro atoms. The van der Waals surface area contributed by atoms with Gasteiger partial charge in [-0.2, -0.15) is 0 Å². The Morgan fingerprint density at radius 3 is 2.61 bits per heavy atom. The number of nitrogens with one attached hydrogen (secondary N) is 1. The van der Waals surface area contributed by atoms with Gasteiger partial charge in [0.25, 0.3) is 0 Å². The van der Waals surface area contributed by atoms with Crippen LogP contribution in [0, 0.1) is 0 Å². The maximum Gasteiger partial charge on any atom is 0.212 e. The molecule has 0 aliphatic heterocycles. The van der Waals surface area contributed by atoms with E-state index in [0.29, 0.717) is 19.0 Å². The fourth-order valence-corrected chi connectivity index (χ4v) is 2.22. The van der Waals surface area contributed by atoms with Gasteiger partial charge in [-0.1, -0.05) is 6.07 Å². The van der Waals surface area contributed by atoms with E-state index in [4.69, 9.17) is 4.74 Å². The molecule has 1 rings (SSSR count). The van der Waals surface area contributed by atoms with Gasteiger partial charge in [0.2, 0.25) is 5.88 Å². The van der Waals surface area contributed by atoms with Gasteiger partial charge < -0.3 is 10.1 Å². The van der Waals surface area contributed by atoms with E-state index in [0.717, 1.165) is 5.56 Å². The standard InChI is InChI=1S/C12H20N2O3S/c1-10(2)18(15,16)7-6-13-8-11-4-5-12(17-3)14-9-11/h4-5,9-10,13H,6-8H2,1-3H3. The molecule has 102 valence electrons. The van der Waals surface area contributed by atoms with Crippen molar-refractivity contribution in [3.8, 4) is 5.88 Å². The third-order valence-corrected chi connectivity index (χ3v) is 4.83. The van der Waals surface area contributed by atoms with Gasteiger partial charge in [-0.3, -0.25) is 0 Å². The average Bonchev–Trinajstić information content (AvgIpc) is 2.35. The predicted molar refractivity (Wildman–Crippen MR) is 71.4 cm³/mol. The second kappa shape index (κ2) is 6.70. The molecular formula is C12H20N2O3S. The molecule has 1 heterocycles. The van der Waals surface area contributed by atoms with Gasteiger partial charge in [-0.05, 0) is 19.4 Å². The maximum absolute atomic E-state index is 11.6. The van der Waals surface area contributed by atoms with Crippen LogP contribution < -0.4 is 10.1 Å². The monoisotopic (exact) mass is 272 g/mol. The first kappa shape index (κ1) is 14.9. The molecule has 0 aromatic carbocycles. The molecule has 1 aromatic rings. The van der Waals surface area contributed by atoms with Crippen LogP contribution in [-0.2, 0) is 16.4 Å². The Hall–Kier alpha value is -1.14. The van der Waals surface area contributed by atoms with Gasteiger partial charge in [-0.25, -0.2) is 13.4 Å². The molecule has 1 N–H and O–H groups in total. The Morgan fingerprint density at radius 2 is 2.11 bits per heavy atom. The normalized spacial score (nSPS) is 11.8. The molecule has 5 nitrogen and oxygen atoms in total. The Kier molecular flexibility index (Phi) is 5.55. The highest BCUT2D eigenvalue weighted by atomic mass is 32.2. The van der Waals surface area contributed by atoms with Crippen molar-refractivity contribution in [1.29, 1.82) is 0 Å². The van der Waals surface area contributed by atoms with Gasteiger partial charge in [0.1, 0.15) is 0 Å². The quantitative estimate of drug-likeness (QED) is 0.750. The molecule has 0 unspecified atom stereocenters. The zero-order valence-electron chi connectivity index (χ0n) is 11.0. The van der Waals surface area contributed by atoms with Crippen molar-refractivity contribution < 1.29 is 13.2 Å². The molecule has 0 amide bonds. The smallest absolute Gasteiger partial charge is 0.212 e. The molecule has 0 radical (unpaired) electrons. The van der Waals surface area contributed by atoms with E-state index in [1.165, 1.54) is 0 Å². The van der Waals surface area contributed by atoms with Crippen molar-refractivity contribution in [2.75, 3.05) is 19.4 Å². The van der Waals surface area contributed by atoms with Gasteiger partial charge in [0.15, 0.2) is 9.84 Å². The summed E-state index contributed by atoms with van der Waals surface area (Å²) < 4.78 is 28.1. The summed E-state index contributed by atoms with van der Waals surface area (Å²) >= 11 is 0. The third kappa shape index (κ3) is 4.62. The van der Waals surface area contributed by atoms with Crippen LogP contribution in [0.25, 0.3) is 0 Å². The van der Waals surface area contributed by atoms with Crippen molar-refractivity contribution in [3.05, 3.63) is 23.9 Å². The topological polar surface area (TPSA) is 68.3 Å². The van der Waals surface area contributed by atoms with Crippen molar-refractivity contribution >= 4 is 9.84 Å². The fourth-order valence-electron chi connectivity index (χ4n) is 1.32. The minimum atomic E-state index is -2.96. The molecule has 0 aliphatic carbocycles. The van der Waals surface area contributed by atoms with Gasteiger partial charge in [-0.15, -0.1) is 0 Å².